The van der Waals surface area contributed by atoms with E-state index in [0.29, 0.717) is 12.5 Å². The van der Waals surface area contributed by atoms with Crippen LogP contribution in [0.15, 0.2) is 24.3 Å². The van der Waals surface area contributed by atoms with E-state index in [1.807, 2.05) is 0 Å². The summed E-state index contributed by atoms with van der Waals surface area (Å²) in [6.07, 6.45) is 1.07. The minimum atomic E-state index is -0.233. The van der Waals surface area contributed by atoms with Crippen LogP contribution in [0.25, 0.3) is 0 Å². The third kappa shape index (κ3) is 2.55. The molecular formula is C14H21FN2O. The summed E-state index contributed by atoms with van der Waals surface area (Å²) < 4.78 is 13.0. The molecule has 1 aliphatic heterocycles. The van der Waals surface area contributed by atoms with Gasteiger partial charge in [0, 0.05) is 18.6 Å². The number of hydrogen-bond acceptors (Lipinski definition) is 3. The second-order valence-corrected chi connectivity index (χ2v) is 5.06. The summed E-state index contributed by atoms with van der Waals surface area (Å²) in [5.41, 5.74) is 6.89. The van der Waals surface area contributed by atoms with E-state index >= 15 is 0 Å². The van der Waals surface area contributed by atoms with E-state index in [-0.39, 0.29) is 24.5 Å². The molecule has 3 atom stereocenters. The maximum absolute atomic E-state index is 13.0. The van der Waals surface area contributed by atoms with Gasteiger partial charge in [0.1, 0.15) is 5.82 Å². The molecule has 0 aromatic heterocycles. The molecule has 1 fully saturated rings. The van der Waals surface area contributed by atoms with Gasteiger partial charge in [0.2, 0.25) is 0 Å². The Bertz CT molecular complexity index is 382. The standard InChI is InChI=1S/C14H21FN2O/c1-10-6-7-17(14(10)9-18)13(8-16)11-2-4-12(15)5-3-11/h2-5,10,13-14,18H,6-9,16H2,1H3. The molecule has 0 bridgehead atoms. The van der Waals surface area contributed by atoms with E-state index in [0.717, 1.165) is 18.5 Å². The molecule has 3 unspecified atom stereocenters. The third-order valence-electron chi connectivity index (χ3n) is 3.99. The van der Waals surface area contributed by atoms with E-state index in [4.69, 9.17) is 5.73 Å². The van der Waals surface area contributed by atoms with Crippen LogP contribution in [0.1, 0.15) is 24.9 Å². The van der Waals surface area contributed by atoms with Crippen molar-refractivity contribution in [1.82, 2.24) is 4.90 Å². The van der Waals surface area contributed by atoms with Gasteiger partial charge in [0.05, 0.1) is 6.61 Å². The van der Waals surface area contributed by atoms with Crippen molar-refractivity contribution in [3.8, 4) is 0 Å². The second kappa shape index (κ2) is 5.78. The number of nitrogens with two attached hydrogens (primary N) is 1. The monoisotopic (exact) mass is 252 g/mol. The molecule has 100 valence electrons. The first-order valence-corrected chi connectivity index (χ1v) is 6.49. The minimum Gasteiger partial charge on any atom is -0.395 e. The molecule has 1 aliphatic rings. The normalized spacial score (nSPS) is 26.4. The van der Waals surface area contributed by atoms with Crippen molar-refractivity contribution in [3.05, 3.63) is 35.6 Å². The zero-order chi connectivity index (χ0) is 13.1. The van der Waals surface area contributed by atoms with Crippen molar-refractivity contribution in [2.45, 2.75) is 25.4 Å². The quantitative estimate of drug-likeness (QED) is 0.854. The van der Waals surface area contributed by atoms with Crippen LogP contribution in [0.2, 0.25) is 0 Å². The Labute approximate surface area is 107 Å². The molecule has 0 saturated carbocycles. The van der Waals surface area contributed by atoms with Crippen molar-refractivity contribution in [2.75, 3.05) is 19.7 Å². The van der Waals surface area contributed by atoms with E-state index in [1.165, 1.54) is 12.1 Å². The van der Waals surface area contributed by atoms with Crippen molar-refractivity contribution in [3.63, 3.8) is 0 Å². The molecule has 1 aromatic rings. The van der Waals surface area contributed by atoms with Crippen LogP contribution in [0.5, 0.6) is 0 Å². The summed E-state index contributed by atoms with van der Waals surface area (Å²) in [5, 5.41) is 9.50. The molecule has 3 nitrogen and oxygen atoms in total. The number of halogens is 1. The van der Waals surface area contributed by atoms with Gasteiger partial charge in [0.15, 0.2) is 0 Å². The van der Waals surface area contributed by atoms with E-state index < -0.39 is 0 Å². The topological polar surface area (TPSA) is 49.5 Å². The first kappa shape index (κ1) is 13.5. The molecule has 0 amide bonds. The SMILES string of the molecule is CC1CCN(C(CN)c2ccc(F)cc2)C1CO. The Morgan fingerprint density at radius 1 is 1.44 bits per heavy atom. The third-order valence-corrected chi connectivity index (χ3v) is 3.99. The molecule has 18 heavy (non-hydrogen) atoms. The van der Waals surface area contributed by atoms with Crippen LogP contribution in [-0.2, 0) is 0 Å². The van der Waals surface area contributed by atoms with E-state index in [2.05, 4.69) is 11.8 Å². The number of rotatable bonds is 4. The number of nitrogens with zero attached hydrogens (tertiary/aromatic N) is 1. The lowest BCUT2D eigenvalue weighted by Crippen LogP contribution is -2.41. The Morgan fingerprint density at radius 2 is 2.11 bits per heavy atom. The maximum atomic E-state index is 13.0. The molecular weight excluding hydrogens is 231 g/mol. The lowest BCUT2D eigenvalue weighted by Gasteiger charge is -2.33. The van der Waals surface area contributed by atoms with Crippen molar-refractivity contribution >= 4 is 0 Å². The Hall–Kier alpha value is -0.970. The van der Waals surface area contributed by atoms with Gasteiger partial charge in [-0.15, -0.1) is 0 Å². The highest BCUT2D eigenvalue weighted by molar-refractivity contribution is 5.21. The van der Waals surface area contributed by atoms with Crippen LogP contribution >= 0.6 is 0 Å². The van der Waals surface area contributed by atoms with Gasteiger partial charge in [-0.25, -0.2) is 4.39 Å². The van der Waals surface area contributed by atoms with Gasteiger partial charge < -0.3 is 10.8 Å². The van der Waals surface area contributed by atoms with Gasteiger partial charge in [-0.3, -0.25) is 4.90 Å². The highest BCUT2D eigenvalue weighted by Crippen LogP contribution is 2.32. The predicted octanol–water partition coefficient (Wildman–Crippen LogP) is 1.53. The second-order valence-electron chi connectivity index (χ2n) is 5.06. The number of benzene rings is 1. The zero-order valence-corrected chi connectivity index (χ0v) is 10.7. The summed E-state index contributed by atoms with van der Waals surface area (Å²) in [6, 6.07) is 6.71. The van der Waals surface area contributed by atoms with Crippen LogP contribution in [0, 0.1) is 11.7 Å². The van der Waals surface area contributed by atoms with Gasteiger partial charge in [-0.1, -0.05) is 19.1 Å². The molecule has 0 radical (unpaired) electrons. The predicted molar refractivity (Wildman–Crippen MR) is 69.6 cm³/mol. The van der Waals surface area contributed by atoms with E-state index in [1.54, 1.807) is 12.1 Å². The number of aliphatic hydroxyl groups is 1. The van der Waals surface area contributed by atoms with Crippen LogP contribution in [-0.4, -0.2) is 35.7 Å². The highest BCUT2D eigenvalue weighted by atomic mass is 19.1. The van der Waals surface area contributed by atoms with Crippen molar-refractivity contribution < 1.29 is 9.50 Å². The molecule has 1 heterocycles. The van der Waals surface area contributed by atoms with Crippen LogP contribution < -0.4 is 5.73 Å². The van der Waals surface area contributed by atoms with Gasteiger partial charge in [0.25, 0.3) is 0 Å². The fourth-order valence-electron chi connectivity index (χ4n) is 2.86. The number of likely N-dealkylation sites (tertiary alicyclic amines) is 1. The minimum absolute atomic E-state index is 0.0627. The lowest BCUT2D eigenvalue weighted by molar-refractivity contribution is 0.105. The number of hydrogen-bond donors (Lipinski definition) is 2. The fourth-order valence-corrected chi connectivity index (χ4v) is 2.86. The molecule has 1 saturated heterocycles. The Kier molecular flexibility index (Phi) is 4.32. The molecule has 4 heteroatoms. The average Bonchev–Trinajstić information content (AvgIpc) is 2.74. The summed E-state index contributed by atoms with van der Waals surface area (Å²) in [5.74, 6) is 0.243. The van der Waals surface area contributed by atoms with Crippen LogP contribution in [0.3, 0.4) is 0 Å². The van der Waals surface area contributed by atoms with Gasteiger partial charge in [-0.05, 0) is 36.6 Å². The summed E-state index contributed by atoms with van der Waals surface area (Å²) in [4.78, 5) is 2.25. The lowest BCUT2D eigenvalue weighted by atomic mass is 10.0. The maximum Gasteiger partial charge on any atom is 0.123 e. The van der Waals surface area contributed by atoms with Crippen molar-refractivity contribution in [1.29, 1.82) is 0 Å². The molecule has 2 rings (SSSR count). The summed E-state index contributed by atoms with van der Waals surface area (Å²) in [6.45, 7) is 3.72. The fraction of sp³-hybridized carbons (Fsp3) is 0.571. The first-order valence-electron chi connectivity index (χ1n) is 6.49. The summed E-state index contributed by atoms with van der Waals surface area (Å²) >= 11 is 0. The van der Waals surface area contributed by atoms with Gasteiger partial charge in [-0.2, -0.15) is 0 Å². The zero-order valence-electron chi connectivity index (χ0n) is 10.7. The molecule has 1 aromatic carbocycles. The first-order chi connectivity index (χ1) is 8.67. The largest absolute Gasteiger partial charge is 0.395 e. The van der Waals surface area contributed by atoms with Crippen LogP contribution in [0.4, 0.5) is 4.39 Å². The molecule has 3 N–H and O–H groups in total. The van der Waals surface area contributed by atoms with Crippen molar-refractivity contribution in [2.24, 2.45) is 11.7 Å². The Morgan fingerprint density at radius 3 is 2.67 bits per heavy atom. The molecule has 0 spiro atoms. The Balaban J connectivity index is 2.20. The number of aliphatic hydroxyl groups excluding tert-OH is 1. The summed E-state index contributed by atoms with van der Waals surface area (Å²) in [7, 11) is 0. The highest BCUT2D eigenvalue weighted by Gasteiger charge is 2.35. The average molecular weight is 252 g/mol. The molecule has 0 aliphatic carbocycles. The van der Waals surface area contributed by atoms with Gasteiger partial charge >= 0.3 is 0 Å². The smallest absolute Gasteiger partial charge is 0.123 e. The van der Waals surface area contributed by atoms with E-state index in [9.17, 15) is 9.50 Å².